The number of rotatable bonds is 9. The Bertz CT molecular complexity index is 915. The first-order chi connectivity index (χ1) is 16.5. The van der Waals surface area contributed by atoms with Gasteiger partial charge < -0.3 is 20.7 Å². The van der Waals surface area contributed by atoms with E-state index in [0.717, 1.165) is 62.8 Å². The molecule has 34 heavy (non-hydrogen) atoms. The molecule has 3 atom stereocenters. The number of nitrogens with zero attached hydrogens (tertiary/aromatic N) is 2. The van der Waals surface area contributed by atoms with Crippen molar-refractivity contribution in [2.45, 2.75) is 89.1 Å². The summed E-state index contributed by atoms with van der Waals surface area (Å²) in [6.07, 6.45) is 12.9. The Morgan fingerprint density at radius 3 is 2.50 bits per heavy atom. The second-order valence-electron chi connectivity index (χ2n) is 9.89. The van der Waals surface area contributed by atoms with Crippen LogP contribution in [-0.4, -0.2) is 52.6 Å². The molecule has 0 aromatic carbocycles. The summed E-state index contributed by atoms with van der Waals surface area (Å²) in [6.45, 7) is 0.588. The van der Waals surface area contributed by atoms with E-state index in [0.29, 0.717) is 31.6 Å². The number of amides is 3. The molecule has 0 spiro atoms. The van der Waals surface area contributed by atoms with Gasteiger partial charge in [-0.2, -0.15) is 0 Å². The van der Waals surface area contributed by atoms with E-state index >= 15 is 0 Å². The molecule has 0 bridgehead atoms. The molecular weight excluding hydrogens is 434 g/mol. The molecule has 1 aromatic heterocycles. The first-order valence-electron chi connectivity index (χ1n) is 12.7. The van der Waals surface area contributed by atoms with Crippen LogP contribution < -0.4 is 16.0 Å². The molecule has 3 aliphatic rings. The maximum atomic E-state index is 13.2. The number of hydrogen-bond acceptors (Lipinski definition) is 6. The zero-order valence-electron chi connectivity index (χ0n) is 19.7. The fraction of sp³-hybridized carbons (Fsp3) is 0.680. The monoisotopic (exact) mass is 469 g/mol. The molecular formula is C25H35N5O4. The number of aryl methyl sites for hydroxylation is 2. The Kier molecular flexibility index (Phi) is 8.24. The summed E-state index contributed by atoms with van der Waals surface area (Å²) in [5.41, 5.74) is 2.03. The summed E-state index contributed by atoms with van der Waals surface area (Å²) in [5, 5.41) is 8.40. The van der Waals surface area contributed by atoms with Crippen LogP contribution in [-0.2, 0) is 27.2 Å². The van der Waals surface area contributed by atoms with Crippen LogP contribution in [0.3, 0.4) is 0 Å². The zero-order valence-corrected chi connectivity index (χ0v) is 19.7. The molecule has 1 aromatic rings. The highest BCUT2D eigenvalue weighted by molar-refractivity contribution is 5.96. The molecule has 1 saturated heterocycles. The first-order valence-corrected chi connectivity index (χ1v) is 12.7. The predicted octanol–water partition coefficient (Wildman–Crippen LogP) is 1.63. The Balaban J connectivity index is 1.44. The molecule has 0 unspecified atom stereocenters. The highest BCUT2D eigenvalue weighted by atomic mass is 16.2. The third-order valence-corrected chi connectivity index (χ3v) is 7.35. The summed E-state index contributed by atoms with van der Waals surface area (Å²) in [6, 6.07) is -1.54. The highest BCUT2D eigenvalue weighted by Gasteiger charge is 2.31. The van der Waals surface area contributed by atoms with Crippen molar-refractivity contribution in [2.75, 3.05) is 6.54 Å². The fourth-order valence-electron chi connectivity index (χ4n) is 5.38. The van der Waals surface area contributed by atoms with E-state index in [9.17, 15) is 19.2 Å². The molecule has 184 valence electrons. The normalized spacial score (nSPS) is 22.2. The topological polar surface area (TPSA) is 130 Å². The van der Waals surface area contributed by atoms with Crippen molar-refractivity contribution in [3.05, 3.63) is 23.3 Å². The van der Waals surface area contributed by atoms with Gasteiger partial charge in [0.25, 0.3) is 5.91 Å². The van der Waals surface area contributed by atoms with E-state index in [2.05, 4.69) is 25.9 Å². The first kappa shape index (κ1) is 24.3. The molecule has 1 aliphatic heterocycles. The van der Waals surface area contributed by atoms with Crippen LogP contribution in [0.5, 0.6) is 0 Å². The van der Waals surface area contributed by atoms with Crippen molar-refractivity contribution in [1.29, 1.82) is 0 Å². The molecule has 4 rings (SSSR count). The van der Waals surface area contributed by atoms with Gasteiger partial charge in [0.05, 0.1) is 23.6 Å². The van der Waals surface area contributed by atoms with Crippen molar-refractivity contribution in [3.8, 4) is 0 Å². The second kappa shape index (κ2) is 11.5. The Morgan fingerprint density at radius 1 is 1.03 bits per heavy atom. The molecule has 1 saturated carbocycles. The van der Waals surface area contributed by atoms with Crippen LogP contribution >= 0.6 is 0 Å². The number of hydrogen-bond donors (Lipinski definition) is 3. The SMILES string of the molecule is O=C[C@H](C[C@@H]1CCNC1=O)NC(=O)[C@H](CC1CCCCC1)NC(=O)c1cnc2c(n1)CCCC2. The van der Waals surface area contributed by atoms with E-state index in [1.807, 2.05) is 0 Å². The molecule has 9 heteroatoms. The van der Waals surface area contributed by atoms with Crippen molar-refractivity contribution >= 4 is 24.0 Å². The van der Waals surface area contributed by atoms with E-state index in [1.54, 1.807) is 0 Å². The fourth-order valence-corrected chi connectivity index (χ4v) is 5.38. The molecule has 0 radical (unpaired) electrons. The van der Waals surface area contributed by atoms with E-state index in [1.165, 1.54) is 12.6 Å². The quantitative estimate of drug-likeness (QED) is 0.471. The minimum absolute atomic E-state index is 0.0841. The van der Waals surface area contributed by atoms with Crippen LogP contribution in [0.15, 0.2) is 6.20 Å². The average molecular weight is 470 g/mol. The van der Waals surface area contributed by atoms with Crippen molar-refractivity contribution in [2.24, 2.45) is 11.8 Å². The van der Waals surface area contributed by atoms with Gasteiger partial charge in [0, 0.05) is 12.5 Å². The summed E-state index contributed by atoms with van der Waals surface area (Å²) < 4.78 is 0. The third-order valence-electron chi connectivity index (χ3n) is 7.35. The smallest absolute Gasteiger partial charge is 0.272 e. The van der Waals surface area contributed by atoms with Gasteiger partial charge in [-0.15, -0.1) is 0 Å². The number of carbonyl (C=O) groups excluding carboxylic acids is 4. The Morgan fingerprint density at radius 2 is 1.79 bits per heavy atom. The summed E-state index contributed by atoms with van der Waals surface area (Å²) in [4.78, 5) is 58.8. The minimum Gasteiger partial charge on any atom is -0.356 e. The lowest BCUT2D eigenvalue weighted by Gasteiger charge is -2.27. The van der Waals surface area contributed by atoms with Crippen LogP contribution in [0.1, 0.15) is 86.1 Å². The predicted molar refractivity (Wildman–Crippen MR) is 125 cm³/mol. The van der Waals surface area contributed by atoms with E-state index < -0.39 is 18.0 Å². The zero-order chi connectivity index (χ0) is 23.9. The largest absolute Gasteiger partial charge is 0.356 e. The van der Waals surface area contributed by atoms with Crippen LogP contribution in [0.2, 0.25) is 0 Å². The maximum absolute atomic E-state index is 13.2. The molecule has 3 N–H and O–H groups in total. The van der Waals surface area contributed by atoms with E-state index in [-0.39, 0.29) is 29.8 Å². The van der Waals surface area contributed by atoms with Crippen molar-refractivity contribution in [3.63, 3.8) is 0 Å². The standard InChI is InChI=1S/C25H35N5O4/c31-15-18(13-17-10-11-26-23(17)32)28-24(33)21(12-16-6-2-1-3-7-16)30-25(34)22-14-27-19-8-4-5-9-20(19)29-22/h14-18,21H,1-13H2,(H,26,32)(H,28,33)(H,30,34)/t17-,18-,21-/m0/s1. The van der Waals surface area contributed by atoms with Gasteiger partial charge >= 0.3 is 0 Å². The van der Waals surface area contributed by atoms with Crippen LogP contribution in [0.4, 0.5) is 0 Å². The van der Waals surface area contributed by atoms with Gasteiger partial charge in [-0.05, 0) is 50.9 Å². The molecule has 9 nitrogen and oxygen atoms in total. The Hall–Kier alpha value is -2.84. The summed E-state index contributed by atoms with van der Waals surface area (Å²) in [7, 11) is 0. The number of aromatic nitrogens is 2. The number of fused-ring (bicyclic) bond motifs is 1. The Labute approximate surface area is 200 Å². The third kappa shape index (κ3) is 6.18. The lowest BCUT2D eigenvalue weighted by atomic mass is 9.84. The van der Waals surface area contributed by atoms with Crippen LogP contribution in [0.25, 0.3) is 0 Å². The van der Waals surface area contributed by atoms with Gasteiger partial charge in [-0.1, -0.05) is 32.1 Å². The molecule has 2 fully saturated rings. The van der Waals surface area contributed by atoms with Gasteiger partial charge in [-0.25, -0.2) is 4.98 Å². The second-order valence-corrected chi connectivity index (χ2v) is 9.89. The molecule has 2 aliphatic carbocycles. The van der Waals surface area contributed by atoms with Crippen LogP contribution in [0, 0.1) is 11.8 Å². The number of nitrogens with one attached hydrogen (secondary N) is 3. The minimum atomic E-state index is -0.770. The lowest BCUT2D eigenvalue weighted by molar-refractivity contribution is -0.127. The van der Waals surface area contributed by atoms with Gasteiger partial charge in [0.15, 0.2) is 0 Å². The highest BCUT2D eigenvalue weighted by Crippen LogP contribution is 2.28. The number of aldehydes is 1. The number of carbonyl (C=O) groups is 4. The average Bonchev–Trinajstić information content (AvgIpc) is 3.27. The molecule has 3 amide bonds. The van der Waals surface area contributed by atoms with Gasteiger partial charge in [0.1, 0.15) is 18.0 Å². The maximum Gasteiger partial charge on any atom is 0.272 e. The summed E-state index contributed by atoms with van der Waals surface area (Å²) >= 11 is 0. The summed E-state index contributed by atoms with van der Waals surface area (Å²) in [5.74, 6) is -0.837. The molecule has 2 heterocycles. The van der Waals surface area contributed by atoms with Crippen molar-refractivity contribution < 1.29 is 19.2 Å². The van der Waals surface area contributed by atoms with Crippen molar-refractivity contribution in [1.82, 2.24) is 25.9 Å². The van der Waals surface area contributed by atoms with E-state index in [4.69, 9.17) is 0 Å². The van der Waals surface area contributed by atoms with Gasteiger partial charge in [-0.3, -0.25) is 19.4 Å². The van der Waals surface area contributed by atoms with Gasteiger partial charge in [0.2, 0.25) is 11.8 Å². The lowest BCUT2D eigenvalue weighted by Crippen LogP contribution is -2.51.